The van der Waals surface area contributed by atoms with Crippen LogP contribution in [0.1, 0.15) is 16.7 Å². The minimum absolute atomic E-state index is 0.0697. The first-order chi connectivity index (χ1) is 15.5. The molecule has 0 fully saturated rings. The molecule has 0 saturated carbocycles. The number of rotatable bonds is 7. The molecule has 0 aliphatic carbocycles. The predicted molar refractivity (Wildman–Crippen MR) is 121 cm³/mol. The molecule has 0 bridgehead atoms. The van der Waals surface area contributed by atoms with Crippen LogP contribution in [0.5, 0.6) is 5.75 Å². The lowest BCUT2D eigenvalue weighted by molar-refractivity contribution is -0.384. The normalized spacial score (nSPS) is 14.2. The van der Waals surface area contributed by atoms with Crippen LogP contribution in [-0.2, 0) is 16.0 Å². The molecule has 3 aromatic rings. The van der Waals surface area contributed by atoms with Gasteiger partial charge in [0.1, 0.15) is 5.75 Å². The van der Waals surface area contributed by atoms with Crippen molar-refractivity contribution >= 4 is 35.2 Å². The average Bonchev–Trinajstić information content (AvgIpc) is 3.15. The van der Waals surface area contributed by atoms with Gasteiger partial charge < -0.3 is 9.47 Å². The van der Waals surface area contributed by atoms with Crippen LogP contribution in [0.25, 0.3) is 6.08 Å². The summed E-state index contributed by atoms with van der Waals surface area (Å²) in [6.07, 6.45) is 2.37. The van der Waals surface area contributed by atoms with Gasteiger partial charge in [0.25, 0.3) is 5.69 Å². The number of halogens is 1. The molecule has 1 heterocycles. The van der Waals surface area contributed by atoms with E-state index in [-0.39, 0.29) is 27.9 Å². The fourth-order valence-electron chi connectivity index (χ4n) is 3.06. The van der Waals surface area contributed by atoms with Crippen LogP contribution < -0.4 is 4.74 Å². The number of cyclic esters (lactones) is 1. The summed E-state index contributed by atoms with van der Waals surface area (Å²) in [5.41, 5.74) is 2.00. The molecule has 0 spiro atoms. The highest BCUT2D eigenvalue weighted by molar-refractivity contribution is 6.34. The van der Waals surface area contributed by atoms with Gasteiger partial charge in [-0.25, -0.2) is 9.79 Å². The van der Waals surface area contributed by atoms with E-state index in [4.69, 9.17) is 21.1 Å². The number of non-ortho nitro benzene ring substituents is 1. The second kappa shape index (κ2) is 9.45. The van der Waals surface area contributed by atoms with E-state index < -0.39 is 10.9 Å². The van der Waals surface area contributed by atoms with Gasteiger partial charge in [0.2, 0.25) is 5.90 Å². The third-order valence-corrected chi connectivity index (χ3v) is 5.03. The van der Waals surface area contributed by atoms with Crippen molar-refractivity contribution < 1.29 is 19.2 Å². The third-order valence-electron chi connectivity index (χ3n) is 4.70. The first kappa shape index (κ1) is 21.3. The van der Waals surface area contributed by atoms with Gasteiger partial charge in [-0.3, -0.25) is 10.1 Å². The summed E-state index contributed by atoms with van der Waals surface area (Å²) in [7, 11) is 0. The van der Waals surface area contributed by atoms with Gasteiger partial charge >= 0.3 is 5.97 Å². The lowest BCUT2D eigenvalue weighted by Gasteiger charge is -2.06. The number of esters is 1. The molecule has 1 aliphatic rings. The molecule has 160 valence electrons. The van der Waals surface area contributed by atoms with E-state index in [0.29, 0.717) is 12.4 Å². The van der Waals surface area contributed by atoms with E-state index >= 15 is 0 Å². The second-order valence-electron chi connectivity index (χ2n) is 6.91. The Balaban J connectivity index is 1.45. The Labute approximate surface area is 188 Å². The highest BCUT2D eigenvalue weighted by Gasteiger charge is 2.27. The topological polar surface area (TPSA) is 91.0 Å². The lowest BCUT2D eigenvalue weighted by atomic mass is 10.1. The minimum Gasteiger partial charge on any atom is -0.493 e. The Bertz CT molecular complexity index is 1220. The molecular weight excluding hydrogens is 432 g/mol. The molecule has 3 aromatic carbocycles. The molecule has 0 radical (unpaired) electrons. The van der Waals surface area contributed by atoms with Crippen molar-refractivity contribution in [2.45, 2.75) is 6.42 Å². The van der Waals surface area contributed by atoms with Crippen molar-refractivity contribution in [3.8, 4) is 5.75 Å². The SMILES string of the molecule is O=C1OC(c2cc([N+](=O)[O-])ccc2Cl)=N/C1=C\c1ccc(OCCc2ccccc2)cc1. The molecular formula is C24H17ClN2O5. The lowest BCUT2D eigenvalue weighted by Crippen LogP contribution is -2.06. The Morgan fingerprint density at radius 2 is 1.81 bits per heavy atom. The van der Waals surface area contributed by atoms with Gasteiger partial charge in [0.15, 0.2) is 5.70 Å². The summed E-state index contributed by atoms with van der Waals surface area (Å²) in [6, 6.07) is 21.1. The molecule has 0 aromatic heterocycles. The molecule has 0 amide bonds. The summed E-state index contributed by atoms with van der Waals surface area (Å²) in [4.78, 5) is 26.8. The maximum atomic E-state index is 12.2. The summed E-state index contributed by atoms with van der Waals surface area (Å²) in [5.74, 6) is -0.0220. The van der Waals surface area contributed by atoms with Crippen molar-refractivity contribution in [1.82, 2.24) is 0 Å². The van der Waals surface area contributed by atoms with Crippen LogP contribution in [0.3, 0.4) is 0 Å². The zero-order valence-electron chi connectivity index (χ0n) is 16.7. The second-order valence-corrected chi connectivity index (χ2v) is 7.32. The molecule has 1 aliphatic heterocycles. The first-order valence-electron chi connectivity index (χ1n) is 9.73. The number of benzene rings is 3. The zero-order chi connectivity index (χ0) is 22.5. The highest BCUT2D eigenvalue weighted by Crippen LogP contribution is 2.27. The molecule has 0 saturated heterocycles. The maximum absolute atomic E-state index is 12.2. The minimum atomic E-state index is -0.661. The van der Waals surface area contributed by atoms with E-state index in [1.54, 1.807) is 30.3 Å². The van der Waals surface area contributed by atoms with Crippen molar-refractivity contribution in [2.75, 3.05) is 6.61 Å². The van der Waals surface area contributed by atoms with Crippen LogP contribution in [0.2, 0.25) is 5.02 Å². The van der Waals surface area contributed by atoms with Gasteiger partial charge in [-0.2, -0.15) is 0 Å². The quantitative estimate of drug-likeness (QED) is 0.214. The van der Waals surface area contributed by atoms with E-state index in [0.717, 1.165) is 12.0 Å². The monoisotopic (exact) mass is 448 g/mol. The number of carbonyl (C=O) groups excluding carboxylic acids is 1. The van der Waals surface area contributed by atoms with Gasteiger partial charge in [0, 0.05) is 18.6 Å². The molecule has 0 N–H and O–H groups in total. The highest BCUT2D eigenvalue weighted by atomic mass is 35.5. The van der Waals surface area contributed by atoms with Crippen molar-refractivity contribution in [1.29, 1.82) is 0 Å². The third kappa shape index (κ3) is 5.01. The molecule has 7 nitrogen and oxygen atoms in total. The van der Waals surface area contributed by atoms with Gasteiger partial charge in [0.05, 0.1) is 22.1 Å². The van der Waals surface area contributed by atoms with Crippen molar-refractivity contribution in [2.24, 2.45) is 4.99 Å². The van der Waals surface area contributed by atoms with Crippen LogP contribution >= 0.6 is 11.6 Å². The molecule has 0 unspecified atom stereocenters. The molecule has 4 rings (SSSR count). The average molecular weight is 449 g/mol. The fourth-order valence-corrected chi connectivity index (χ4v) is 3.26. The number of hydrogen-bond donors (Lipinski definition) is 0. The number of hydrogen-bond acceptors (Lipinski definition) is 6. The van der Waals surface area contributed by atoms with E-state index in [9.17, 15) is 14.9 Å². The number of nitro groups is 1. The number of aliphatic imine (C=N–C) groups is 1. The summed E-state index contributed by atoms with van der Waals surface area (Å²) in [6.45, 7) is 0.550. The van der Waals surface area contributed by atoms with E-state index in [1.165, 1.54) is 23.8 Å². The van der Waals surface area contributed by atoms with Crippen molar-refractivity contribution in [3.05, 3.63) is 110 Å². The standard InChI is InChI=1S/C24H17ClN2O5/c25-21-11-8-18(27(29)30)15-20(21)23-26-22(24(28)32-23)14-17-6-9-19(10-7-17)31-13-12-16-4-2-1-3-5-16/h1-11,14-15H,12-13H2/b22-14-. The Morgan fingerprint density at radius 3 is 2.53 bits per heavy atom. The Morgan fingerprint density at radius 1 is 1.06 bits per heavy atom. The summed E-state index contributed by atoms with van der Waals surface area (Å²) < 4.78 is 10.9. The number of carbonyl (C=O) groups is 1. The van der Waals surface area contributed by atoms with Crippen LogP contribution in [-0.4, -0.2) is 23.4 Å². The van der Waals surface area contributed by atoms with Crippen LogP contribution in [0.15, 0.2) is 83.5 Å². The van der Waals surface area contributed by atoms with Gasteiger partial charge in [-0.05, 0) is 35.4 Å². The predicted octanol–water partition coefficient (Wildman–Crippen LogP) is 5.21. The first-order valence-corrected chi connectivity index (χ1v) is 10.1. The van der Waals surface area contributed by atoms with E-state index in [1.807, 2.05) is 18.2 Å². The van der Waals surface area contributed by atoms with Crippen molar-refractivity contribution in [3.63, 3.8) is 0 Å². The van der Waals surface area contributed by atoms with Crippen LogP contribution in [0.4, 0.5) is 5.69 Å². The fraction of sp³-hybridized carbons (Fsp3) is 0.0833. The van der Waals surface area contributed by atoms with Gasteiger partial charge in [-0.15, -0.1) is 0 Å². The van der Waals surface area contributed by atoms with Gasteiger partial charge in [-0.1, -0.05) is 54.1 Å². The number of nitro benzene ring substituents is 1. The number of nitrogens with zero attached hydrogens (tertiary/aromatic N) is 2. The molecule has 32 heavy (non-hydrogen) atoms. The summed E-state index contributed by atoms with van der Waals surface area (Å²) >= 11 is 6.11. The Hall–Kier alpha value is -3.97. The maximum Gasteiger partial charge on any atom is 0.363 e. The zero-order valence-corrected chi connectivity index (χ0v) is 17.5. The molecule has 0 atom stereocenters. The number of ether oxygens (including phenoxy) is 2. The largest absolute Gasteiger partial charge is 0.493 e. The van der Waals surface area contributed by atoms with E-state index in [2.05, 4.69) is 17.1 Å². The smallest absolute Gasteiger partial charge is 0.363 e. The summed E-state index contributed by atoms with van der Waals surface area (Å²) in [5, 5.41) is 11.2. The Kier molecular flexibility index (Phi) is 6.28. The van der Waals surface area contributed by atoms with Crippen LogP contribution in [0, 0.1) is 10.1 Å². The molecule has 8 heteroatoms.